The van der Waals surface area contributed by atoms with Crippen molar-refractivity contribution >= 4 is 29.0 Å². The number of aryl methyl sites for hydroxylation is 1. The monoisotopic (exact) mass is 369 g/mol. The van der Waals surface area contributed by atoms with Crippen LogP contribution in [0.4, 0.5) is 11.4 Å². The summed E-state index contributed by atoms with van der Waals surface area (Å²) in [6.07, 6.45) is 0. The number of nitro benzene ring substituents is 1. The van der Waals surface area contributed by atoms with Crippen molar-refractivity contribution < 1.29 is 14.2 Å². The number of rotatable bonds is 6. The topological polar surface area (TPSA) is 98.3 Å². The van der Waals surface area contributed by atoms with E-state index in [1.54, 1.807) is 12.1 Å². The Morgan fingerprint density at radius 3 is 2.62 bits per heavy atom. The van der Waals surface area contributed by atoms with Gasteiger partial charge in [-0.2, -0.15) is 0 Å². The highest BCUT2D eigenvalue weighted by atomic mass is 32.2. The molecule has 3 aromatic rings. The first-order valence-electron chi connectivity index (χ1n) is 7.73. The molecular formula is C18H15N3O4S. The van der Waals surface area contributed by atoms with Gasteiger partial charge in [-0.1, -0.05) is 17.3 Å². The van der Waals surface area contributed by atoms with Crippen LogP contribution in [0.25, 0.3) is 0 Å². The lowest BCUT2D eigenvalue weighted by molar-refractivity contribution is -0.384. The number of nitrogens with one attached hydrogen (secondary N) is 1. The van der Waals surface area contributed by atoms with Crippen molar-refractivity contribution in [2.75, 3.05) is 5.32 Å². The molecule has 0 radical (unpaired) electrons. The summed E-state index contributed by atoms with van der Waals surface area (Å²) >= 11 is 1.47. The Kier molecular flexibility index (Phi) is 5.33. The maximum Gasteiger partial charge on any atom is 0.269 e. The highest BCUT2D eigenvalue weighted by Crippen LogP contribution is 2.27. The minimum atomic E-state index is -0.483. The average Bonchev–Trinajstić information content (AvgIpc) is 3.06. The van der Waals surface area contributed by atoms with Gasteiger partial charge in [0.15, 0.2) is 0 Å². The molecule has 0 atom stereocenters. The lowest BCUT2D eigenvalue weighted by Crippen LogP contribution is -2.12. The van der Waals surface area contributed by atoms with E-state index in [0.717, 1.165) is 16.3 Å². The summed E-state index contributed by atoms with van der Waals surface area (Å²) in [6.45, 7) is 1.85. The number of hydrogen-bond acceptors (Lipinski definition) is 6. The van der Waals surface area contributed by atoms with Crippen LogP contribution in [-0.2, 0) is 5.75 Å². The SMILES string of the molecule is Cc1cc(CSc2ccccc2C(=O)Nc2ccc([N+](=O)[O-])cc2)on1. The first kappa shape index (κ1) is 17.7. The molecule has 0 fully saturated rings. The normalized spacial score (nSPS) is 10.5. The Morgan fingerprint density at radius 2 is 1.96 bits per heavy atom. The quantitative estimate of drug-likeness (QED) is 0.392. The number of thioether (sulfide) groups is 1. The van der Waals surface area contributed by atoms with Crippen molar-refractivity contribution in [2.45, 2.75) is 17.6 Å². The first-order valence-corrected chi connectivity index (χ1v) is 8.71. The van der Waals surface area contributed by atoms with Crippen LogP contribution in [0.2, 0.25) is 0 Å². The van der Waals surface area contributed by atoms with E-state index in [0.29, 0.717) is 17.0 Å². The van der Waals surface area contributed by atoms with Gasteiger partial charge in [-0.3, -0.25) is 14.9 Å². The van der Waals surface area contributed by atoms with E-state index < -0.39 is 4.92 Å². The molecular weight excluding hydrogens is 354 g/mol. The number of nitro groups is 1. The summed E-state index contributed by atoms with van der Waals surface area (Å²) < 4.78 is 5.19. The Hall–Kier alpha value is -3.13. The molecule has 26 heavy (non-hydrogen) atoms. The number of hydrogen-bond donors (Lipinski definition) is 1. The highest BCUT2D eigenvalue weighted by Gasteiger charge is 2.13. The van der Waals surface area contributed by atoms with Crippen molar-refractivity contribution in [3.63, 3.8) is 0 Å². The van der Waals surface area contributed by atoms with Crippen LogP contribution in [0.1, 0.15) is 21.8 Å². The molecule has 1 N–H and O–H groups in total. The number of amides is 1. The van der Waals surface area contributed by atoms with Gasteiger partial charge >= 0.3 is 0 Å². The number of non-ortho nitro benzene ring substituents is 1. The number of benzene rings is 2. The van der Waals surface area contributed by atoms with Crippen LogP contribution < -0.4 is 5.32 Å². The zero-order valence-corrected chi connectivity index (χ0v) is 14.7. The fraction of sp³-hybridized carbons (Fsp3) is 0.111. The molecule has 1 amide bonds. The number of nitrogens with zero attached hydrogens (tertiary/aromatic N) is 2. The van der Waals surface area contributed by atoms with E-state index in [1.165, 1.54) is 36.0 Å². The maximum absolute atomic E-state index is 12.6. The van der Waals surface area contributed by atoms with E-state index in [1.807, 2.05) is 25.1 Å². The molecule has 0 unspecified atom stereocenters. The van der Waals surface area contributed by atoms with E-state index in [4.69, 9.17) is 4.52 Å². The number of aromatic nitrogens is 1. The third-order valence-electron chi connectivity index (χ3n) is 3.51. The molecule has 8 heteroatoms. The molecule has 3 rings (SSSR count). The second kappa shape index (κ2) is 7.83. The summed E-state index contributed by atoms with van der Waals surface area (Å²) in [4.78, 5) is 23.6. The molecule has 7 nitrogen and oxygen atoms in total. The lowest BCUT2D eigenvalue weighted by Gasteiger charge is -2.09. The average molecular weight is 369 g/mol. The van der Waals surface area contributed by atoms with Gasteiger partial charge in [-0.15, -0.1) is 11.8 Å². The van der Waals surface area contributed by atoms with Crippen LogP contribution >= 0.6 is 11.8 Å². The molecule has 0 spiro atoms. The van der Waals surface area contributed by atoms with E-state index in [9.17, 15) is 14.9 Å². The van der Waals surface area contributed by atoms with Gasteiger partial charge < -0.3 is 9.84 Å². The first-order chi connectivity index (χ1) is 12.5. The molecule has 2 aromatic carbocycles. The van der Waals surface area contributed by atoms with Gasteiger partial charge in [-0.25, -0.2) is 0 Å². The maximum atomic E-state index is 12.6. The molecule has 1 heterocycles. The summed E-state index contributed by atoms with van der Waals surface area (Å²) in [6, 6.07) is 14.8. The Balaban J connectivity index is 1.71. The van der Waals surface area contributed by atoms with Crippen molar-refractivity contribution in [3.8, 4) is 0 Å². The van der Waals surface area contributed by atoms with Crippen LogP contribution in [-0.4, -0.2) is 16.0 Å². The lowest BCUT2D eigenvalue weighted by atomic mass is 10.2. The molecule has 1 aromatic heterocycles. The zero-order valence-electron chi connectivity index (χ0n) is 13.8. The van der Waals surface area contributed by atoms with E-state index >= 15 is 0 Å². The molecule has 132 valence electrons. The molecule has 0 saturated heterocycles. The summed E-state index contributed by atoms with van der Waals surface area (Å²) in [7, 11) is 0. The van der Waals surface area contributed by atoms with Gasteiger partial charge in [0.25, 0.3) is 11.6 Å². The Morgan fingerprint density at radius 1 is 1.23 bits per heavy atom. The molecule has 0 aliphatic carbocycles. The predicted octanol–water partition coefficient (Wildman–Crippen LogP) is 4.44. The van der Waals surface area contributed by atoms with Crippen molar-refractivity contribution in [2.24, 2.45) is 0 Å². The van der Waals surface area contributed by atoms with Gasteiger partial charge in [0.05, 0.1) is 21.9 Å². The van der Waals surface area contributed by atoms with E-state index in [-0.39, 0.29) is 11.6 Å². The molecule has 0 aliphatic rings. The second-order valence-electron chi connectivity index (χ2n) is 5.48. The highest BCUT2D eigenvalue weighted by molar-refractivity contribution is 7.98. The van der Waals surface area contributed by atoms with Crippen molar-refractivity contribution in [1.29, 1.82) is 0 Å². The standard InChI is InChI=1S/C18H15N3O4S/c1-12-10-15(25-20-12)11-26-17-5-3-2-4-16(17)18(22)19-13-6-8-14(9-7-13)21(23)24/h2-10H,11H2,1H3,(H,19,22). The van der Waals surface area contributed by atoms with Crippen molar-refractivity contribution in [1.82, 2.24) is 5.16 Å². The molecule has 0 saturated carbocycles. The van der Waals surface area contributed by atoms with Gasteiger partial charge in [0.2, 0.25) is 0 Å². The third-order valence-corrected chi connectivity index (χ3v) is 4.61. The fourth-order valence-corrected chi connectivity index (χ4v) is 3.20. The minimum Gasteiger partial charge on any atom is -0.360 e. The number of carbonyl (C=O) groups excluding carboxylic acids is 1. The third kappa shape index (κ3) is 4.28. The predicted molar refractivity (Wildman–Crippen MR) is 98.3 cm³/mol. The zero-order chi connectivity index (χ0) is 18.5. The molecule has 0 bridgehead atoms. The second-order valence-corrected chi connectivity index (χ2v) is 6.49. The van der Waals surface area contributed by atoms with Crippen LogP contribution in [0.3, 0.4) is 0 Å². The summed E-state index contributed by atoms with van der Waals surface area (Å²) in [5.74, 6) is 1.01. The van der Waals surface area contributed by atoms with Gasteiger partial charge in [0.1, 0.15) is 5.76 Å². The van der Waals surface area contributed by atoms with Gasteiger partial charge in [-0.05, 0) is 31.2 Å². The van der Waals surface area contributed by atoms with Crippen molar-refractivity contribution in [3.05, 3.63) is 81.7 Å². The Bertz CT molecular complexity index is 938. The fourth-order valence-electron chi connectivity index (χ4n) is 2.28. The molecule has 0 aliphatic heterocycles. The van der Waals surface area contributed by atoms with E-state index in [2.05, 4.69) is 10.5 Å². The van der Waals surface area contributed by atoms with Crippen LogP contribution in [0.5, 0.6) is 0 Å². The summed E-state index contributed by atoms with van der Waals surface area (Å²) in [5, 5.41) is 17.3. The minimum absolute atomic E-state index is 0.0266. The Labute approximate surface area is 153 Å². The van der Waals surface area contributed by atoms with Crippen LogP contribution in [0.15, 0.2) is 64.0 Å². The number of carbonyl (C=O) groups is 1. The number of anilines is 1. The largest absolute Gasteiger partial charge is 0.360 e. The smallest absolute Gasteiger partial charge is 0.269 e. The van der Waals surface area contributed by atoms with Gasteiger partial charge in [0, 0.05) is 28.8 Å². The summed E-state index contributed by atoms with van der Waals surface area (Å²) in [5.41, 5.74) is 1.80. The van der Waals surface area contributed by atoms with Crippen LogP contribution in [0, 0.1) is 17.0 Å².